The van der Waals surface area contributed by atoms with E-state index in [4.69, 9.17) is 5.73 Å². The molecule has 0 bridgehead atoms. The van der Waals surface area contributed by atoms with Gasteiger partial charge in [-0.05, 0) is 18.7 Å². The maximum atomic E-state index is 5.70. The number of imidazole rings is 1. The van der Waals surface area contributed by atoms with Crippen LogP contribution in [-0.4, -0.2) is 19.7 Å². The Kier molecular flexibility index (Phi) is 2.79. The van der Waals surface area contributed by atoms with Crippen molar-refractivity contribution in [1.29, 1.82) is 0 Å². The highest BCUT2D eigenvalue weighted by Gasteiger charge is 2.13. The van der Waals surface area contributed by atoms with Gasteiger partial charge in [-0.25, -0.2) is 4.98 Å². The van der Waals surface area contributed by atoms with Crippen LogP contribution in [0.3, 0.4) is 0 Å². The zero-order chi connectivity index (χ0) is 10.8. The number of rotatable bonds is 3. The van der Waals surface area contributed by atoms with Crippen LogP contribution < -0.4 is 5.73 Å². The largest absolute Gasteiger partial charge is 0.339 e. The summed E-state index contributed by atoms with van der Waals surface area (Å²) in [4.78, 5) is 7.21. The molecule has 0 unspecified atom stereocenters. The summed E-state index contributed by atoms with van der Waals surface area (Å²) in [5, 5.41) is 6.24. The summed E-state index contributed by atoms with van der Waals surface area (Å²) in [6.07, 6.45) is 3.53. The molecular weight excluding hydrogens is 210 g/mol. The number of aromatic nitrogens is 4. The van der Waals surface area contributed by atoms with E-state index in [9.17, 15) is 0 Å². The van der Waals surface area contributed by atoms with Crippen LogP contribution in [0, 0.1) is 6.92 Å². The standard InChI is InChI=1S/C9H13N5S/c1-6-7(5-10)8(14(2)13-6)15-9-11-3-4-12-9/h3-4H,5,10H2,1-2H3,(H,11,12). The normalized spacial score (nSPS) is 10.9. The molecule has 0 atom stereocenters. The van der Waals surface area contributed by atoms with Crippen LogP contribution >= 0.6 is 11.8 Å². The lowest BCUT2D eigenvalue weighted by molar-refractivity contribution is 0.687. The van der Waals surface area contributed by atoms with Crippen molar-refractivity contribution in [2.75, 3.05) is 0 Å². The summed E-state index contributed by atoms with van der Waals surface area (Å²) in [5.41, 5.74) is 7.76. The predicted octanol–water partition coefficient (Wildman–Crippen LogP) is 1.06. The molecule has 2 aromatic heterocycles. The number of nitrogens with zero attached hydrogens (tertiary/aromatic N) is 3. The Morgan fingerprint density at radius 2 is 2.40 bits per heavy atom. The molecule has 6 heteroatoms. The Balaban J connectivity index is 2.35. The molecule has 15 heavy (non-hydrogen) atoms. The fourth-order valence-electron chi connectivity index (χ4n) is 1.44. The van der Waals surface area contributed by atoms with Crippen LogP contribution in [0.2, 0.25) is 0 Å². The zero-order valence-electron chi connectivity index (χ0n) is 8.69. The van der Waals surface area contributed by atoms with E-state index >= 15 is 0 Å². The Morgan fingerprint density at radius 3 is 3.00 bits per heavy atom. The highest BCUT2D eigenvalue weighted by molar-refractivity contribution is 7.99. The fraction of sp³-hybridized carbons (Fsp3) is 0.333. The molecule has 0 saturated heterocycles. The molecule has 2 aromatic rings. The third-order valence-electron chi connectivity index (χ3n) is 2.16. The monoisotopic (exact) mass is 223 g/mol. The first kappa shape index (κ1) is 10.3. The highest BCUT2D eigenvalue weighted by atomic mass is 32.2. The minimum absolute atomic E-state index is 0.503. The van der Waals surface area contributed by atoms with Gasteiger partial charge in [0.15, 0.2) is 5.16 Å². The fourth-order valence-corrected chi connectivity index (χ4v) is 2.39. The van der Waals surface area contributed by atoms with E-state index in [1.165, 1.54) is 0 Å². The van der Waals surface area contributed by atoms with Crippen molar-refractivity contribution in [3.63, 3.8) is 0 Å². The molecule has 2 heterocycles. The van der Waals surface area contributed by atoms with Gasteiger partial charge in [0.1, 0.15) is 5.03 Å². The van der Waals surface area contributed by atoms with Crippen LogP contribution in [0.25, 0.3) is 0 Å². The van der Waals surface area contributed by atoms with Gasteiger partial charge in [-0.15, -0.1) is 0 Å². The Morgan fingerprint density at radius 1 is 1.60 bits per heavy atom. The first-order chi connectivity index (χ1) is 7.22. The molecule has 0 aliphatic heterocycles. The van der Waals surface area contributed by atoms with Crippen LogP contribution in [0.1, 0.15) is 11.3 Å². The molecule has 0 spiro atoms. The van der Waals surface area contributed by atoms with E-state index in [0.29, 0.717) is 6.54 Å². The molecule has 0 amide bonds. The van der Waals surface area contributed by atoms with Crippen LogP contribution in [-0.2, 0) is 13.6 Å². The van der Waals surface area contributed by atoms with Crippen molar-refractivity contribution in [2.45, 2.75) is 23.7 Å². The van der Waals surface area contributed by atoms with Gasteiger partial charge in [-0.3, -0.25) is 4.68 Å². The second-order valence-corrected chi connectivity index (χ2v) is 4.17. The summed E-state index contributed by atoms with van der Waals surface area (Å²) in [6, 6.07) is 0. The van der Waals surface area contributed by atoms with Gasteiger partial charge in [-0.2, -0.15) is 5.10 Å². The molecule has 80 valence electrons. The summed E-state index contributed by atoms with van der Waals surface area (Å²) in [6.45, 7) is 2.47. The average Bonchev–Trinajstić information content (AvgIpc) is 2.77. The molecule has 5 nitrogen and oxygen atoms in total. The molecule has 0 aliphatic rings. The lowest BCUT2D eigenvalue weighted by Gasteiger charge is -2.01. The summed E-state index contributed by atoms with van der Waals surface area (Å²) < 4.78 is 1.84. The lowest BCUT2D eigenvalue weighted by atomic mass is 10.3. The number of nitrogens with two attached hydrogens (primary N) is 1. The SMILES string of the molecule is Cc1nn(C)c(Sc2ncc[nH]2)c1CN. The van der Waals surface area contributed by atoms with E-state index in [-0.39, 0.29) is 0 Å². The quantitative estimate of drug-likeness (QED) is 0.816. The number of hydrogen-bond acceptors (Lipinski definition) is 4. The molecule has 0 saturated carbocycles. The molecule has 2 rings (SSSR count). The maximum absolute atomic E-state index is 5.70. The van der Waals surface area contributed by atoms with Crippen molar-refractivity contribution in [1.82, 2.24) is 19.7 Å². The first-order valence-corrected chi connectivity index (χ1v) is 5.43. The molecule has 3 N–H and O–H groups in total. The summed E-state index contributed by atoms with van der Waals surface area (Å²) >= 11 is 1.55. The first-order valence-electron chi connectivity index (χ1n) is 4.62. The Bertz CT molecular complexity index is 445. The van der Waals surface area contributed by atoms with E-state index in [0.717, 1.165) is 21.4 Å². The van der Waals surface area contributed by atoms with Crippen molar-refractivity contribution in [2.24, 2.45) is 12.8 Å². The number of aryl methyl sites for hydroxylation is 2. The number of H-pyrrole nitrogens is 1. The van der Waals surface area contributed by atoms with Gasteiger partial charge in [0.2, 0.25) is 0 Å². The minimum atomic E-state index is 0.503. The smallest absolute Gasteiger partial charge is 0.171 e. The topological polar surface area (TPSA) is 72.5 Å². The Hall–Kier alpha value is -1.27. The second-order valence-electron chi connectivity index (χ2n) is 3.19. The summed E-state index contributed by atoms with van der Waals surface area (Å²) in [5.74, 6) is 0. The Labute approximate surface area is 92.1 Å². The van der Waals surface area contributed by atoms with Gasteiger partial charge in [0, 0.05) is 31.5 Å². The van der Waals surface area contributed by atoms with Gasteiger partial charge in [0.25, 0.3) is 0 Å². The third-order valence-corrected chi connectivity index (χ3v) is 3.28. The maximum Gasteiger partial charge on any atom is 0.171 e. The van der Waals surface area contributed by atoms with Crippen molar-refractivity contribution < 1.29 is 0 Å². The number of aromatic amines is 1. The van der Waals surface area contributed by atoms with Crippen LogP contribution in [0.4, 0.5) is 0 Å². The number of nitrogens with one attached hydrogen (secondary N) is 1. The molecule has 0 fully saturated rings. The third kappa shape index (κ3) is 1.91. The molecule has 0 aromatic carbocycles. The van der Waals surface area contributed by atoms with E-state index < -0.39 is 0 Å². The zero-order valence-corrected chi connectivity index (χ0v) is 9.51. The van der Waals surface area contributed by atoms with Crippen LogP contribution in [0.15, 0.2) is 22.6 Å². The van der Waals surface area contributed by atoms with Crippen molar-refractivity contribution >= 4 is 11.8 Å². The number of hydrogen-bond donors (Lipinski definition) is 2. The summed E-state index contributed by atoms with van der Waals surface area (Å²) in [7, 11) is 1.91. The average molecular weight is 223 g/mol. The van der Waals surface area contributed by atoms with Gasteiger partial charge in [-0.1, -0.05) is 0 Å². The van der Waals surface area contributed by atoms with Gasteiger partial charge in [0.05, 0.1) is 5.69 Å². The molecule has 0 aliphatic carbocycles. The second kappa shape index (κ2) is 4.08. The van der Waals surface area contributed by atoms with Crippen molar-refractivity contribution in [3.8, 4) is 0 Å². The minimum Gasteiger partial charge on any atom is -0.339 e. The molecular formula is C9H13N5S. The molecule has 0 radical (unpaired) electrons. The lowest BCUT2D eigenvalue weighted by Crippen LogP contribution is -1.99. The van der Waals surface area contributed by atoms with Gasteiger partial charge >= 0.3 is 0 Å². The van der Waals surface area contributed by atoms with Gasteiger partial charge < -0.3 is 10.7 Å². The highest BCUT2D eigenvalue weighted by Crippen LogP contribution is 2.28. The van der Waals surface area contributed by atoms with E-state index in [1.54, 1.807) is 24.2 Å². The van der Waals surface area contributed by atoms with Crippen molar-refractivity contribution in [3.05, 3.63) is 23.7 Å². The van der Waals surface area contributed by atoms with E-state index in [1.807, 2.05) is 18.7 Å². The van der Waals surface area contributed by atoms with E-state index in [2.05, 4.69) is 15.1 Å². The van der Waals surface area contributed by atoms with Crippen LogP contribution in [0.5, 0.6) is 0 Å². The predicted molar refractivity (Wildman–Crippen MR) is 58.5 cm³/mol.